The fraction of sp³-hybridized carbons (Fsp3) is 0.286. The van der Waals surface area contributed by atoms with Crippen LogP contribution in [0.5, 0.6) is 0 Å². The summed E-state index contributed by atoms with van der Waals surface area (Å²) in [5.41, 5.74) is 0.990. The Bertz CT molecular complexity index is 179. The first-order chi connectivity index (χ1) is 4.93. The second kappa shape index (κ2) is 3.71. The normalized spacial score (nSPS) is 19.1. The van der Waals surface area contributed by atoms with E-state index in [-0.39, 0.29) is 0 Å². The molecule has 0 bridgehead atoms. The monoisotopic (exact) mass is 137 g/mol. The molecule has 2 N–H and O–H groups in total. The van der Waals surface area contributed by atoms with Crippen LogP contribution in [0.4, 0.5) is 0 Å². The molecule has 1 rings (SSSR count). The predicted octanol–water partition coefficient (Wildman–Crippen LogP) is 0.583. The molecule has 0 radical (unpaired) electrons. The van der Waals surface area contributed by atoms with E-state index < -0.39 is 0 Å². The lowest BCUT2D eigenvalue weighted by molar-refractivity contribution is 0.900. The Labute approximate surface area is 60.5 Å². The summed E-state index contributed by atoms with van der Waals surface area (Å²) in [6.07, 6.45) is 7.17. The standard InChI is InChI=1S/C7H11N3/c1-2-8-5-7-6-9-3-4-10-7/h3-6,8,10H,2H2,1H3/b7-5-. The van der Waals surface area contributed by atoms with Crippen molar-refractivity contribution in [2.75, 3.05) is 6.54 Å². The van der Waals surface area contributed by atoms with Gasteiger partial charge in [0.25, 0.3) is 0 Å². The van der Waals surface area contributed by atoms with Crippen LogP contribution in [-0.4, -0.2) is 12.8 Å². The Balaban J connectivity index is 2.42. The molecule has 0 saturated heterocycles. The Kier molecular flexibility index (Phi) is 2.55. The summed E-state index contributed by atoms with van der Waals surface area (Å²) in [6, 6.07) is 0. The fourth-order valence-corrected chi connectivity index (χ4v) is 0.628. The summed E-state index contributed by atoms with van der Waals surface area (Å²) in [7, 11) is 0. The van der Waals surface area contributed by atoms with E-state index in [0.29, 0.717) is 0 Å². The summed E-state index contributed by atoms with van der Waals surface area (Å²) in [5, 5.41) is 6.09. The van der Waals surface area contributed by atoms with Gasteiger partial charge in [0.1, 0.15) is 0 Å². The molecule has 0 aromatic rings. The lowest BCUT2D eigenvalue weighted by Crippen LogP contribution is -2.14. The lowest BCUT2D eigenvalue weighted by atomic mass is 10.4. The van der Waals surface area contributed by atoms with E-state index in [1.54, 1.807) is 18.6 Å². The molecule has 0 aromatic heterocycles. The van der Waals surface area contributed by atoms with Crippen molar-refractivity contribution in [3.63, 3.8) is 0 Å². The average Bonchev–Trinajstić information content (AvgIpc) is 2.03. The highest BCUT2D eigenvalue weighted by Gasteiger charge is 1.89. The summed E-state index contributed by atoms with van der Waals surface area (Å²) in [5.74, 6) is 0. The highest BCUT2D eigenvalue weighted by Crippen LogP contribution is 1.88. The van der Waals surface area contributed by atoms with Crippen LogP contribution >= 0.6 is 0 Å². The minimum atomic E-state index is 0.933. The van der Waals surface area contributed by atoms with Crippen LogP contribution in [0, 0.1) is 0 Å². The van der Waals surface area contributed by atoms with E-state index >= 15 is 0 Å². The Morgan fingerprint density at radius 2 is 2.70 bits per heavy atom. The van der Waals surface area contributed by atoms with Crippen molar-refractivity contribution in [1.82, 2.24) is 10.6 Å². The number of hydrogen-bond donors (Lipinski definition) is 2. The molecule has 1 aliphatic rings. The van der Waals surface area contributed by atoms with Crippen molar-refractivity contribution in [3.05, 3.63) is 24.3 Å². The van der Waals surface area contributed by atoms with Gasteiger partial charge in [0.15, 0.2) is 0 Å². The van der Waals surface area contributed by atoms with E-state index in [1.807, 2.05) is 13.1 Å². The summed E-state index contributed by atoms with van der Waals surface area (Å²) < 4.78 is 0. The van der Waals surface area contributed by atoms with Gasteiger partial charge in [0.05, 0.1) is 11.9 Å². The smallest absolute Gasteiger partial charge is 0.0725 e. The fourth-order valence-electron chi connectivity index (χ4n) is 0.628. The molecule has 0 saturated carbocycles. The number of rotatable bonds is 2. The molecule has 1 aliphatic heterocycles. The second-order valence-electron chi connectivity index (χ2n) is 1.90. The highest BCUT2D eigenvalue weighted by atomic mass is 14.9. The first kappa shape index (κ1) is 6.86. The Morgan fingerprint density at radius 3 is 3.30 bits per heavy atom. The quantitative estimate of drug-likeness (QED) is 0.584. The van der Waals surface area contributed by atoms with Crippen LogP contribution in [0.15, 0.2) is 29.3 Å². The number of hydrogen-bond acceptors (Lipinski definition) is 3. The highest BCUT2D eigenvalue weighted by molar-refractivity contribution is 5.79. The molecule has 10 heavy (non-hydrogen) atoms. The molecule has 0 fully saturated rings. The Morgan fingerprint density at radius 1 is 1.80 bits per heavy atom. The van der Waals surface area contributed by atoms with Gasteiger partial charge < -0.3 is 10.6 Å². The predicted molar refractivity (Wildman–Crippen MR) is 42.5 cm³/mol. The van der Waals surface area contributed by atoms with Crippen molar-refractivity contribution in [3.8, 4) is 0 Å². The Hall–Kier alpha value is -1.25. The molecule has 0 aliphatic carbocycles. The van der Waals surface area contributed by atoms with Gasteiger partial charge in [0.2, 0.25) is 0 Å². The van der Waals surface area contributed by atoms with Gasteiger partial charge in [-0.15, -0.1) is 0 Å². The summed E-state index contributed by atoms with van der Waals surface area (Å²) >= 11 is 0. The summed E-state index contributed by atoms with van der Waals surface area (Å²) in [6.45, 7) is 2.98. The van der Waals surface area contributed by atoms with E-state index in [2.05, 4.69) is 15.6 Å². The first-order valence-electron chi connectivity index (χ1n) is 3.32. The molecule has 3 heteroatoms. The molecule has 0 amide bonds. The van der Waals surface area contributed by atoms with Gasteiger partial charge >= 0.3 is 0 Å². The van der Waals surface area contributed by atoms with Crippen LogP contribution in [-0.2, 0) is 0 Å². The zero-order valence-electron chi connectivity index (χ0n) is 5.96. The zero-order chi connectivity index (χ0) is 7.23. The van der Waals surface area contributed by atoms with Crippen LogP contribution in [0.2, 0.25) is 0 Å². The number of nitrogens with one attached hydrogen (secondary N) is 2. The van der Waals surface area contributed by atoms with E-state index in [9.17, 15) is 0 Å². The summed E-state index contributed by atoms with van der Waals surface area (Å²) in [4.78, 5) is 3.94. The molecule has 3 nitrogen and oxygen atoms in total. The second-order valence-corrected chi connectivity index (χ2v) is 1.90. The molecule has 0 spiro atoms. The maximum atomic E-state index is 3.94. The van der Waals surface area contributed by atoms with Crippen LogP contribution in [0.1, 0.15) is 6.92 Å². The number of allylic oxidation sites excluding steroid dienone is 1. The molecule has 1 heterocycles. The number of nitrogens with zero attached hydrogens (tertiary/aromatic N) is 1. The molecular formula is C7H11N3. The third kappa shape index (κ3) is 1.93. The third-order valence-corrected chi connectivity index (χ3v) is 1.09. The largest absolute Gasteiger partial charge is 0.389 e. The molecule has 0 unspecified atom stereocenters. The van der Waals surface area contributed by atoms with Crippen LogP contribution < -0.4 is 10.6 Å². The van der Waals surface area contributed by atoms with Gasteiger partial charge in [0, 0.05) is 25.1 Å². The average molecular weight is 137 g/mol. The minimum Gasteiger partial charge on any atom is -0.389 e. The van der Waals surface area contributed by atoms with Gasteiger partial charge in [-0.2, -0.15) is 0 Å². The minimum absolute atomic E-state index is 0.933. The first-order valence-corrected chi connectivity index (χ1v) is 3.32. The van der Waals surface area contributed by atoms with Crippen molar-refractivity contribution < 1.29 is 0 Å². The van der Waals surface area contributed by atoms with Gasteiger partial charge in [-0.1, -0.05) is 0 Å². The molecule has 0 aromatic carbocycles. The van der Waals surface area contributed by atoms with Crippen LogP contribution in [0.3, 0.4) is 0 Å². The van der Waals surface area contributed by atoms with E-state index in [4.69, 9.17) is 0 Å². The van der Waals surface area contributed by atoms with Crippen molar-refractivity contribution >= 4 is 6.21 Å². The van der Waals surface area contributed by atoms with Gasteiger partial charge in [-0.3, -0.25) is 4.99 Å². The number of aliphatic imine (C=N–C) groups is 1. The van der Waals surface area contributed by atoms with Crippen molar-refractivity contribution in [1.29, 1.82) is 0 Å². The molecular weight excluding hydrogens is 126 g/mol. The van der Waals surface area contributed by atoms with E-state index in [0.717, 1.165) is 12.2 Å². The van der Waals surface area contributed by atoms with Crippen LogP contribution in [0.25, 0.3) is 0 Å². The van der Waals surface area contributed by atoms with Gasteiger partial charge in [-0.25, -0.2) is 0 Å². The van der Waals surface area contributed by atoms with Crippen molar-refractivity contribution in [2.24, 2.45) is 4.99 Å². The molecule has 54 valence electrons. The zero-order valence-corrected chi connectivity index (χ0v) is 5.96. The van der Waals surface area contributed by atoms with Gasteiger partial charge in [-0.05, 0) is 6.92 Å². The SMILES string of the molecule is CCN/C=C1/C=NC=CN1. The van der Waals surface area contributed by atoms with E-state index in [1.165, 1.54) is 0 Å². The maximum Gasteiger partial charge on any atom is 0.0725 e. The third-order valence-electron chi connectivity index (χ3n) is 1.09. The lowest BCUT2D eigenvalue weighted by Gasteiger charge is -2.03. The van der Waals surface area contributed by atoms with Crippen molar-refractivity contribution in [2.45, 2.75) is 6.92 Å². The maximum absolute atomic E-state index is 3.94. The topological polar surface area (TPSA) is 36.4 Å². The molecule has 0 atom stereocenters.